The number of hydrogen-bond acceptors (Lipinski definition) is 3. The minimum atomic E-state index is 0.157. The minimum Gasteiger partial charge on any atom is -0.330 e. The molecule has 3 nitrogen and oxygen atoms in total. The van der Waals surface area contributed by atoms with Crippen molar-refractivity contribution < 1.29 is 4.79 Å². The molecule has 0 fully saturated rings. The van der Waals surface area contributed by atoms with Gasteiger partial charge in [0.15, 0.2) is 5.78 Å². The highest BCUT2D eigenvalue weighted by molar-refractivity contribution is 5.96. The number of carbonyl (C=O) groups excluding carboxylic acids is 1. The van der Waals surface area contributed by atoms with Crippen LogP contribution in [0.2, 0.25) is 0 Å². The Morgan fingerprint density at radius 3 is 3.00 bits per heavy atom. The summed E-state index contributed by atoms with van der Waals surface area (Å²) in [6.45, 7) is 2.49. The first-order valence-corrected chi connectivity index (χ1v) is 5.74. The van der Waals surface area contributed by atoms with E-state index in [2.05, 4.69) is 18.0 Å². The summed E-state index contributed by atoms with van der Waals surface area (Å²) >= 11 is 0. The van der Waals surface area contributed by atoms with Crippen molar-refractivity contribution in [3.05, 3.63) is 34.9 Å². The van der Waals surface area contributed by atoms with E-state index in [1.807, 2.05) is 12.1 Å². The Bertz CT molecular complexity index is 401. The van der Waals surface area contributed by atoms with Crippen molar-refractivity contribution in [2.45, 2.75) is 19.4 Å². The van der Waals surface area contributed by atoms with Crippen molar-refractivity contribution in [1.29, 1.82) is 0 Å². The van der Waals surface area contributed by atoms with Gasteiger partial charge in [-0.3, -0.25) is 4.79 Å². The largest absolute Gasteiger partial charge is 0.330 e. The molecular formula is C13H18N2O. The standard InChI is InChI=1S/C13H18N2O/c1-15-7-5-10-8-11(13(16)4-6-14)2-3-12(10)9-15/h2-3,8H,4-7,9,14H2,1H3. The molecule has 1 aromatic rings. The quantitative estimate of drug-likeness (QED) is 0.776. The lowest BCUT2D eigenvalue weighted by Crippen LogP contribution is -2.26. The zero-order valence-corrected chi connectivity index (χ0v) is 9.70. The van der Waals surface area contributed by atoms with Crippen molar-refractivity contribution >= 4 is 5.78 Å². The van der Waals surface area contributed by atoms with Crippen LogP contribution in [0.4, 0.5) is 0 Å². The van der Waals surface area contributed by atoms with Crippen molar-refractivity contribution in [3.8, 4) is 0 Å². The summed E-state index contributed by atoms with van der Waals surface area (Å²) in [5, 5.41) is 0. The number of nitrogens with zero attached hydrogens (tertiary/aromatic N) is 1. The number of benzene rings is 1. The van der Waals surface area contributed by atoms with Gasteiger partial charge in [-0.25, -0.2) is 0 Å². The topological polar surface area (TPSA) is 46.3 Å². The third kappa shape index (κ3) is 2.31. The molecule has 3 heteroatoms. The number of likely N-dealkylation sites (N-methyl/N-ethyl adjacent to an activating group) is 1. The lowest BCUT2D eigenvalue weighted by Gasteiger charge is -2.25. The summed E-state index contributed by atoms with van der Waals surface area (Å²) in [6, 6.07) is 6.05. The number of carbonyl (C=O) groups is 1. The smallest absolute Gasteiger partial charge is 0.164 e. The fourth-order valence-electron chi connectivity index (χ4n) is 2.14. The average molecular weight is 218 g/mol. The third-order valence-corrected chi connectivity index (χ3v) is 3.10. The Labute approximate surface area is 96.2 Å². The zero-order valence-electron chi connectivity index (χ0n) is 9.70. The number of ketones is 1. The molecule has 0 radical (unpaired) electrons. The maximum absolute atomic E-state index is 11.7. The van der Waals surface area contributed by atoms with Gasteiger partial charge in [-0.15, -0.1) is 0 Å². The highest BCUT2D eigenvalue weighted by Crippen LogP contribution is 2.19. The molecule has 0 saturated heterocycles. The van der Waals surface area contributed by atoms with Crippen LogP contribution >= 0.6 is 0 Å². The zero-order chi connectivity index (χ0) is 11.5. The first-order chi connectivity index (χ1) is 7.70. The maximum atomic E-state index is 11.7. The first kappa shape index (κ1) is 11.3. The van der Waals surface area contributed by atoms with E-state index in [0.717, 1.165) is 25.1 Å². The predicted octanol–water partition coefficient (Wildman–Crippen LogP) is 1.21. The molecule has 0 bridgehead atoms. The molecular weight excluding hydrogens is 200 g/mol. The van der Waals surface area contributed by atoms with Crippen LogP contribution < -0.4 is 5.73 Å². The maximum Gasteiger partial charge on any atom is 0.164 e. The Kier molecular flexibility index (Phi) is 3.36. The summed E-state index contributed by atoms with van der Waals surface area (Å²) < 4.78 is 0. The molecule has 0 amide bonds. The van der Waals surface area contributed by atoms with Gasteiger partial charge in [0, 0.05) is 25.1 Å². The molecule has 1 aliphatic heterocycles. The van der Waals surface area contributed by atoms with Gasteiger partial charge < -0.3 is 10.6 Å². The second kappa shape index (κ2) is 4.76. The summed E-state index contributed by atoms with van der Waals surface area (Å²) in [5.41, 5.74) is 8.87. The van der Waals surface area contributed by atoms with E-state index in [4.69, 9.17) is 5.73 Å². The molecule has 2 rings (SSSR count). The number of nitrogens with two attached hydrogens (primary N) is 1. The van der Waals surface area contributed by atoms with E-state index in [0.29, 0.717) is 13.0 Å². The number of hydrogen-bond donors (Lipinski definition) is 1. The highest BCUT2D eigenvalue weighted by atomic mass is 16.1. The van der Waals surface area contributed by atoms with Gasteiger partial charge in [0.2, 0.25) is 0 Å². The Balaban J connectivity index is 2.22. The van der Waals surface area contributed by atoms with Crippen LogP contribution in [-0.4, -0.2) is 30.8 Å². The van der Waals surface area contributed by atoms with Crippen molar-refractivity contribution in [3.63, 3.8) is 0 Å². The van der Waals surface area contributed by atoms with Crippen molar-refractivity contribution in [1.82, 2.24) is 4.90 Å². The lowest BCUT2D eigenvalue weighted by atomic mass is 9.95. The van der Waals surface area contributed by atoms with Crippen LogP contribution in [-0.2, 0) is 13.0 Å². The monoisotopic (exact) mass is 218 g/mol. The van der Waals surface area contributed by atoms with E-state index < -0.39 is 0 Å². The molecule has 16 heavy (non-hydrogen) atoms. The molecule has 0 aromatic heterocycles. The van der Waals surface area contributed by atoms with Gasteiger partial charge in [-0.05, 0) is 37.2 Å². The number of Topliss-reactive ketones (excluding diaryl/α,β-unsaturated/α-hetero) is 1. The van der Waals surface area contributed by atoms with E-state index >= 15 is 0 Å². The SMILES string of the molecule is CN1CCc2cc(C(=O)CCN)ccc2C1. The van der Waals surface area contributed by atoms with Gasteiger partial charge >= 0.3 is 0 Å². The van der Waals surface area contributed by atoms with Gasteiger partial charge in [0.05, 0.1) is 0 Å². The summed E-state index contributed by atoms with van der Waals surface area (Å²) in [4.78, 5) is 14.0. The molecule has 0 aliphatic carbocycles. The minimum absolute atomic E-state index is 0.157. The molecule has 1 aromatic carbocycles. The van der Waals surface area contributed by atoms with Gasteiger partial charge in [0.1, 0.15) is 0 Å². The third-order valence-electron chi connectivity index (χ3n) is 3.10. The molecule has 0 unspecified atom stereocenters. The Morgan fingerprint density at radius 2 is 2.25 bits per heavy atom. The molecule has 0 atom stereocenters. The predicted molar refractivity (Wildman–Crippen MR) is 64.5 cm³/mol. The van der Waals surface area contributed by atoms with Crippen molar-refractivity contribution in [2.24, 2.45) is 5.73 Å². The van der Waals surface area contributed by atoms with E-state index in [-0.39, 0.29) is 5.78 Å². The normalized spacial score (nSPS) is 15.9. The van der Waals surface area contributed by atoms with Crippen LogP contribution in [0.3, 0.4) is 0 Å². The fourth-order valence-corrected chi connectivity index (χ4v) is 2.14. The number of fused-ring (bicyclic) bond motifs is 1. The second-order valence-electron chi connectivity index (χ2n) is 4.43. The molecule has 1 heterocycles. The molecule has 2 N–H and O–H groups in total. The average Bonchev–Trinajstić information content (AvgIpc) is 2.28. The van der Waals surface area contributed by atoms with Gasteiger partial charge in [0.25, 0.3) is 0 Å². The van der Waals surface area contributed by atoms with Gasteiger partial charge in [-0.2, -0.15) is 0 Å². The van der Waals surface area contributed by atoms with E-state index in [1.54, 1.807) is 0 Å². The Morgan fingerprint density at radius 1 is 1.44 bits per heavy atom. The van der Waals surface area contributed by atoms with Crippen LogP contribution in [0.1, 0.15) is 27.9 Å². The van der Waals surface area contributed by atoms with Gasteiger partial charge in [-0.1, -0.05) is 12.1 Å². The van der Waals surface area contributed by atoms with Crippen LogP contribution in [0.15, 0.2) is 18.2 Å². The van der Waals surface area contributed by atoms with Crippen molar-refractivity contribution in [2.75, 3.05) is 20.1 Å². The number of rotatable bonds is 3. The summed E-state index contributed by atoms with van der Waals surface area (Å²) in [5.74, 6) is 0.157. The first-order valence-electron chi connectivity index (χ1n) is 5.74. The fraction of sp³-hybridized carbons (Fsp3) is 0.462. The highest BCUT2D eigenvalue weighted by Gasteiger charge is 2.14. The Hall–Kier alpha value is -1.19. The molecule has 0 spiro atoms. The molecule has 1 aliphatic rings. The molecule has 0 saturated carbocycles. The van der Waals surface area contributed by atoms with E-state index in [9.17, 15) is 4.79 Å². The molecule has 86 valence electrons. The summed E-state index contributed by atoms with van der Waals surface area (Å²) in [6.07, 6.45) is 1.48. The van der Waals surface area contributed by atoms with Crippen LogP contribution in [0.5, 0.6) is 0 Å². The van der Waals surface area contributed by atoms with Crippen LogP contribution in [0, 0.1) is 0 Å². The second-order valence-corrected chi connectivity index (χ2v) is 4.43. The van der Waals surface area contributed by atoms with Crippen LogP contribution in [0.25, 0.3) is 0 Å². The van der Waals surface area contributed by atoms with E-state index in [1.165, 1.54) is 11.1 Å². The summed E-state index contributed by atoms with van der Waals surface area (Å²) in [7, 11) is 2.12. The lowest BCUT2D eigenvalue weighted by molar-refractivity contribution is 0.0985.